The Bertz CT molecular complexity index is 500. The van der Waals surface area contributed by atoms with Crippen LogP contribution in [0.3, 0.4) is 0 Å². The van der Waals surface area contributed by atoms with Gasteiger partial charge in [-0.1, -0.05) is 0 Å². The molecule has 1 aromatic rings. The molecular formula is C14H22N4O3. The zero-order valence-electron chi connectivity index (χ0n) is 12.3. The number of hydrogen-bond acceptors (Lipinski definition) is 4. The van der Waals surface area contributed by atoms with Crippen molar-refractivity contribution < 1.29 is 14.7 Å². The molecule has 21 heavy (non-hydrogen) atoms. The smallest absolute Gasteiger partial charge is 0.251 e. The summed E-state index contributed by atoms with van der Waals surface area (Å²) in [7, 11) is 1.85. The van der Waals surface area contributed by atoms with Gasteiger partial charge in [0.1, 0.15) is 6.10 Å². The molecule has 1 unspecified atom stereocenters. The summed E-state index contributed by atoms with van der Waals surface area (Å²) in [6.07, 6.45) is 3.66. The molecule has 1 atom stereocenters. The van der Waals surface area contributed by atoms with Gasteiger partial charge in [0.05, 0.1) is 12.2 Å². The molecule has 1 aliphatic rings. The average Bonchev–Trinajstić information content (AvgIpc) is 2.79. The Labute approximate surface area is 123 Å². The van der Waals surface area contributed by atoms with Crippen molar-refractivity contribution in [2.75, 3.05) is 19.6 Å². The van der Waals surface area contributed by atoms with Gasteiger partial charge in [-0.2, -0.15) is 5.10 Å². The largest absolute Gasteiger partial charge is 0.383 e. The van der Waals surface area contributed by atoms with Crippen LogP contribution in [0.1, 0.15) is 25.0 Å². The lowest BCUT2D eigenvalue weighted by atomic mass is 10.2. The number of aliphatic hydroxyl groups is 1. The molecule has 0 bridgehead atoms. The van der Waals surface area contributed by atoms with Crippen molar-refractivity contribution in [1.82, 2.24) is 20.0 Å². The predicted octanol–water partition coefficient (Wildman–Crippen LogP) is -0.548. The highest BCUT2D eigenvalue weighted by Crippen LogP contribution is 2.11. The average molecular weight is 294 g/mol. The standard InChI is InChI=1S/C14H22N4O3/c1-17-9-6-11(16-17)5-7-15-13(20)10-18-8-3-2-4-12(19)14(18)21/h6,9,12,19H,2-5,7-8,10H2,1H3,(H,15,20). The monoisotopic (exact) mass is 294 g/mol. The van der Waals surface area contributed by atoms with Gasteiger partial charge in [-0.3, -0.25) is 14.3 Å². The van der Waals surface area contributed by atoms with Crippen LogP contribution in [0.5, 0.6) is 0 Å². The van der Waals surface area contributed by atoms with Crippen LogP contribution in [0, 0.1) is 0 Å². The number of aromatic nitrogens is 2. The highest BCUT2D eigenvalue weighted by Gasteiger charge is 2.26. The number of aliphatic hydroxyl groups excluding tert-OH is 1. The Morgan fingerprint density at radius 1 is 1.52 bits per heavy atom. The minimum Gasteiger partial charge on any atom is -0.383 e. The third-order valence-electron chi connectivity index (χ3n) is 3.56. The fourth-order valence-electron chi connectivity index (χ4n) is 2.40. The van der Waals surface area contributed by atoms with E-state index in [1.807, 2.05) is 19.3 Å². The molecule has 1 fully saturated rings. The molecule has 7 heteroatoms. The molecule has 0 radical (unpaired) electrons. The summed E-state index contributed by atoms with van der Waals surface area (Å²) >= 11 is 0. The van der Waals surface area contributed by atoms with Crippen LogP contribution in [-0.4, -0.2) is 57.3 Å². The van der Waals surface area contributed by atoms with E-state index in [0.29, 0.717) is 25.9 Å². The maximum Gasteiger partial charge on any atom is 0.251 e. The van der Waals surface area contributed by atoms with Crippen molar-refractivity contribution in [2.45, 2.75) is 31.8 Å². The van der Waals surface area contributed by atoms with Gasteiger partial charge in [0.2, 0.25) is 5.91 Å². The third-order valence-corrected chi connectivity index (χ3v) is 3.56. The van der Waals surface area contributed by atoms with Crippen molar-refractivity contribution in [2.24, 2.45) is 7.05 Å². The Kier molecular flexibility index (Phi) is 5.32. The van der Waals surface area contributed by atoms with E-state index in [1.165, 1.54) is 4.90 Å². The van der Waals surface area contributed by atoms with Crippen molar-refractivity contribution >= 4 is 11.8 Å². The van der Waals surface area contributed by atoms with E-state index in [2.05, 4.69) is 10.4 Å². The van der Waals surface area contributed by atoms with Crippen molar-refractivity contribution in [3.8, 4) is 0 Å². The van der Waals surface area contributed by atoms with Crippen LogP contribution in [-0.2, 0) is 23.1 Å². The number of carbonyl (C=O) groups excluding carboxylic acids is 2. The van der Waals surface area contributed by atoms with Gasteiger partial charge < -0.3 is 15.3 Å². The van der Waals surface area contributed by atoms with E-state index in [0.717, 1.165) is 18.5 Å². The minimum atomic E-state index is -0.964. The Morgan fingerprint density at radius 2 is 2.33 bits per heavy atom. The highest BCUT2D eigenvalue weighted by molar-refractivity contribution is 5.87. The fraction of sp³-hybridized carbons (Fsp3) is 0.643. The van der Waals surface area contributed by atoms with E-state index in [1.54, 1.807) is 4.68 Å². The lowest BCUT2D eigenvalue weighted by molar-refractivity contribution is -0.142. The van der Waals surface area contributed by atoms with Gasteiger partial charge in [0, 0.05) is 32.8 Å². The zero-order chi connectivity index (χ0) is 15.2. The maximum atomic E-state index is 11.9. The van der Waals surface area contributed by atoms with Crippen LogP contribution in [0.2, 0.25) is 0 Å². The van der Waals surface area contributed by atoms with Gasteiger partial charge in [0.25, 0.3) is 5.91 Å². The Morgan fingerprint density at radius 3 is 3.05 bits per heavy atom. The summed E-state index contributed by atoms with van der Waals surface area (Å²) in [5.74, 6) is -0.541. The second kappa shape index (κ2) is 7.21. The van der Waals surface area contributed by atoms with E-state index in [9.17, 15) is 14.7 Å². The summed E-state index contributed by atoms with van der Waals surface area (Å²) in [6, 6.07) is 1.90. The molecule has 2 rings (SSSR count). The van der Waals surface area contributed by atoms with Crippen molar-refractivity contribution in [1.29, 1.82) is 0 Å². The number of rotatable bonds is 5. The molecule has 1 aliphatic heterocycles. The second-order valence-corrected chi connectivity index (χ2v) is 5.35. The minimum absolute atomic E-state index is 0.0120. The zero-order valence-corrected chi connectivity index (χ0v) is 12.3. The molecule has 0 aliphatic carbocycles. The van der Waals surface area contributed by atoms with Crippen molar-refractivity contribution in [3.63, 3.8) is 0 Å². The van der Waals surface area contributed by atoms with E-state index in [4.69, 9.17) is 0 Å². The first-order valence-electron chi connectivity index (χ1n) is 7.28. The summed E-state index contributed by atoms with van der Waals surface area (Å²) in [4.78, 5) is 25.2. The molecule has 2 amide bonds. The molecule has 116 valence electrons. The van der Waals surface area contributed by atoms with E-state index >= 15 is 0 Å². The summed E-state index contributed by atoms with van der Waals surface area (Å²) in [6.45, 7) is 1.03. The van der Waals surface area contributed by atoms with Gasteiger partial charge in [-0.15, -0.1) is 0 Å². The molecule has 2 N–H and O–H groups in total. The summed E-state index contributed by atoms with van der Waals surface area (Å²) < 4.78 is 1.72. The van der Waals surface area contributed by atoms with Gasteiger partial charge >= 0.3 is 0 Å². The molecular weight excluding hydrogens is 272 g/mol. The first-order chi connectivity index (χ1) is 10.1. The van der Waals surface area contributed by atoms with Crippen LogP contribution >= 0.6 is 0 Å². The lowest BCUT2D eigenvalue weighted by Gasteiger charge is -2.21. The molecule has 0 saturated carbocycles. The number of nitrogens with zero attached hydrogens (tertiary/aromatic N) is 3. The summed E-state index contributed by atoms with van der Waals surface area (Å²) in [5.41, 5.74) is 0.916. The molecule has 0 aromatic carbocycles. The first kappa shape index (κ1) is 15.5. The van der Waals surface area contributed by atoms with Crippen LogP contribution < -0.4 is 5.32 Å². The quantitative estimate of drug-likeness (QED) is 0.763. The van der Waals surface area contributed by atoms with Crippen LogP contribution in [0.25, 0.3) is 0 Å². The SMILES string of the molecule is Cn1ccc(CCNC(=O)CN2CCCCC(O)C2=O)n1. The number of nitrogens with one attached hydrogen (secondary N) is 1. The fourth-order valence-corrected chi connectivity index (χ4v) is 2.40. The molecule has 1 aromatic heterocycles. The Balaban J connectivity index is 1.74. The molecule has 1 saturated heterocycles. The van der Waals surface area contributed by atoms with Crippen LogP contribution in [0.15, 0.2) is 12.3 Å². The molecule has 7 nitrogen and oxygen atoms in total. The third kappa shape index (κ3) is 4.56. The number of likely N-dealkylation sites (tertiary alicyclic amines) is 1. The molecule has 2 heterocycles. The Hall–Kier alpha value is -1.89. The topological polar surface area (TPSA) is 87.5 Å². The molecule has 0 spiro atoms. The first-order valence-corrected chi connectivity index (χ1v) is 7.28. The second-order valence-electron chi connectivity index (χ2n) is 5.35. The summed E-state index contributed by atoms with van der Waals surface area (Å²) in [5, 5.41) is 16.6. The van der Waals surface area contributed by atoms with Crippen molar-refractivity contribution in [3.05, 3.63) is 18.0 Å². The normalized spacial score (nSPS) is 19.4. The van der Waals surface area contributed by atoms with Gasteiger partial charge in [0.15, 0.2) is 0 Å². The van der Waals surface area contributed by atoms with Gasteiger partial charge in [-0.25, -0.2) is 0 Å². The number of hydrogen-bond donors (Lipinski definition) is 2. The van der Waals surface area contributed by atoms with E-state index < -0.39 is 6.10 Å². The van der Waals surface area contributed by atoms with E-state index in [-0.39, 0.29) is 18.4 Å². The number of carbonyl (C=O) groups is 2. The predicted molar refractivity (Wildman–Crippen MR) is 76.4 cm³/mol. The highest BCUT2D eigenvalue weighted by atomic mass is 16.3. The maximum absolute atomic E-state index is 11.9. The number of aryl methyl sites for hydroxylation is 1. The lowest BCUT2D eigenvalue weighted by Crippen LogP contribution is -2.44. The number of amides is 2. The van der Waals surface area contributed by atoms with Gasteiger partial charge in [-0.05, 0) is 25.3 Å². The van der Waals surface area contributed by atoms with Crippen LogP contribution in [0.4, 0.5) is 0 Å².